The van der Waals surface area contributed by atoms with Gasteiger partial charge in [-0.2, -0.15) is 0 Å². The maximum atomic E-state index is 11.4. The molecule has 118 valence electrons. The number of phosphoric ester groups is 1. The number of rotatable bonds is 11. The minimum absolute atomic E-state index is 0.247. The van der Waals surface area contributed by atoms with Gasteiger partial charge in [0.1, 0.15) is 6.10 Å². The first kappa shape index (κ1) is 19.3. The first-order valence-corrected chi connectivity index (χ1v) is 8.36. The molecule has 0 heterocycles. The van der Waals surface area contributed by atoms with Gasteiger partial charge in [0.2, 0.25) is 0 Å². The van der Waals surface area contributed by atoms with E-state index in [1.807, 2.05) is 0 Å². The highest BCUT2D eigenvalue weighted by molar-refractivity contribution is 7.46. The van der Waals surface area contributed by atoms with Crippen LogP contribution in [0.2, 0.25) is 0 Å². The van der Waals surface area contributed by atoms with Gasteiger partial charge >= 0.3 is 13.8 Å². The van der Waals surface area contributed by atoms with Gasteiger partial charge in [-0.05, 0) is 19.8 Å². The highest BCUT2D eigenvalue weighted by Gasteiger charge is 2.21. The molecule has 1 unspecified atom stereocenters. The van der Waals surface area contributed by atoms with Crippen molar-refractivity contribution < 1.29 is 28.4 Å². The van der Waals surface area contributed by atoms with E-state index in [0.29, 0.717) is 6.42 Å². The SMILES string of the molecule is C=C(C)C(=O)OC(CCCCCCC)COP(=O)(O)O. The van der Waals surface area contributed by atoms with Crippen molar-refractivity contribution in [1.29, 1.82) is 0 Å². The van der Waals surface area contributed by atoms with Crippen molar-refractivity contribution in [1.82, 2.24) is 0 Å². The van der Waals surface area contributed by atoms with Gasteiger partial charge in [-0.3, -0.25) is 4.52 Å². The zero-order valence-electron chi connectivity index (χ0n) is 12.2. The third kappa shape index (κ3) is 11.2. The first-order valence-electron chi connectivity index (χ1n) is 6.82. The van der Waals surface area contributed by atoms with Crippen molar-refractivity contribution >= 4 is 13.8 Å². The predicted molar refractivity (Wildman–Crippen MR) is 76.1 cm³/mol. The van der Waals surface area contributed by atoms with Gasteiger partial charge in [0.15, 0.2) is 0 Å². The molecule has 0 aliphatic rings. The lowest BCUT2D eigenvalue weighted by Crippen LogP contribution is -2.23. The van der Waals surface area contributed by atoms with Crippen LogP contribution in [0.1, 0.15) is 52.4 Å². The molecule has 6 nitrogen and oxygen atoms in total. The number of esters is 1. The van der Waals surface area contributed by atoms with E-state index in [4.69, 9.17) is 14.5 Å². The quantitative estimate of drug-likeness (QED) is 0.264. The van der Waals surface area contributed by atoms with Gasteiger partial charge in [0, 0.05) is 5.57 Å². The van der Waals surface area contributed by atoms with E-state index in [1.54, 1.807) is 0 Å². The largest absolute Gasteiger partial charge is 0.469 e. The Labute approximate surface area is 120 Å². The summed E-state index contributed by atoms with van der Waals surface area (Å²) in [5, 5.41) is 0. The summed E-state index contributed by atoms with van der Waals surface area (Å²) < 4.78 is 20.2. The summed E-state index contributed by atoms with van der Waals surface area (Å²) >= 11 is 0. The van der Waals surface area contributed by atoms with Gasteiger partial charge in [-0.25, -0.2) is 9.36 Å². The van der Waals surface area contributed by atoms with Crippen LogP contribution in [0.25, 0.3) is 0 Å². The smallest absolute Gasteiger partial charge is 0.457 e. The molecule has 0 aromatic carbocycles. The monoisotopic (exact) mass is 308 g/mol. The first-order chi connectivity index (χ1) is 9.26. The summed E-state index contributed by atoms with van der Waals surface area (Å²) in [6.07, 6.45) is 5.04. The Hall–Kier alpha value is -0.680. The van der Waals surface area contributed by atoms with Crippen molar-refractivity contribution in [3.05, 3.63) is 12.2 Å². The lowest BCUT2D eigenvalue weighted by molar-refractivity contribution is -0.146. The molecule has 0 amide bonds. The highest BCUT2D eigenvalue weighted by Crippen LogP contribution is 2.36. The number of carbonyl (C=O) groups excluding carboxylic acids is 1. The zero-order valence-corrected chi connectivity index (χ0v) is 13.1. The second-order valence-corrected chi connectivity index (χ2v) is 6.04. The number of hydrogen-bond acceptors (Lipinski definition) is 4. The highest BCUT2D eigenvalue weighted by atomic mass is 31.2. The number of phosphoric acid groups is 1. The fourth-order valence-corrected chi connectivity index (χ4v) is 1.94. The molecule has 0 spiro atoms. The van der Waals surface area contributed by atoms with Crippen LogP contribution in [0, 0.1) is 0 Å². The minimum atomic E-state index is -4.55. The van der Waals surface area contributed by atoms with Crippen molar-refractivity contribution in [2.45, 2.75) is 58.5 Å². The lowest BCUT2D eigenvalue weighted by Gasteiger charge is -2.18. The topological polar surface area (TPSA) is 93.1 Å². The average Bonchev–Trinajstić information content (AvgIpc) is 2.34. The molecule has 0 aliphatic carbocycles. The van der Waals surface area contributed by atoms with E-state index in [-0.39, 0.29) is 12.2 Å². The third-order valence-electron chi connectivity index (χ3n) is 2.68. The maximum absolute atomic E-state index is 11.4. The molecule has 0 bridgehead atoms. The molecule has 0 saturated carbocycles. The predicted octanol–water partition coefficient (Wildman–Crippen LogP) is 2.94. The number of carbonyl (C=O) groups is 1. The zero-order chi connectivity index (χ0) is 15.6. The molecule has 1 atom stereocenters. The Morgan fingerprint density at radius 2 is 1.85 bits per heavy atom. The fourth-order valence-electron chi connectivity index (χ4n) is 1.58. The van der Waals surface area contributed by atoms with Crippen LogP contribution in [0.4, 0.5) is 0 Å². The van der Waals surface area contributed by atoms with Crippen LogP contribution in [-0.4, -0.2) is 28.5 Å². The van der Waals surface area contributed by atoms with Gasteiger partial charge in [0.05, 0.1) is 6.61 Å². The second-order valence-electron chi connectivity index (χ2n) is 4.80. The lowest BCUT2D eigenvalue weighted by atomic mass is 10.1. The van der Waals surface area contributed by atoms with Gasteiger partial charge in [-0.15, -0.1) is 0 Å². The van der Waals surface area contributed by atoms with Crippen molar-refractivity contribution in [3.63, 3.8) is 0 Å². The molecule has 2 N–H and O–H groups in total. The van der Waals surface area contributed by atoms with E-state index < -0.39 is 19.9 Å². The summed E-state index contributed by atoms with van der Waals surface area (Å²) in [5.41, 5.74) is 0.247. The molecule has 0 aromatic rings. The van der Waals surface area contributed by atoms with Crippen molar-refractivity contribution in [3.8, 4) is 0 Å². The average molecular weight is 308 g/mol. The molecule has 0 saturated heterocycles. The molecular formula is C13H25O6P. The Bertz CT molecular complexity index is 349. The van der Waals surface area contributed by atoms with Gasteiger partial charge in [-0.1, -0.05) is 39.2 Å². The molecule has 0 fully saturated rings. The minimum Gasteiger partial charge on any atom is -0.457 e. The second kappa shape index (κ2) is 10.1. The Morgan fingerprint density at radius 1 is 1.25 bits per heavy atom. The van der Waals surface area contributed by atoms with Gasteiger partial charge < -0.3 is 14.5 Å². The molecular weight excluding hydrogens is 283 g/mol. The van der Waals surface area contributed by atoms with E-state index >= 15 is 0 Å². The molecule has 0 radical (unpaired) electrons. The van der Waals surface area contributed by atoms with Crippen LogP contribution in [0.5, 0.6) is 0 Å². The molecule has 0 aliphatic heterocycles. The van der Waals surface area contributed by atoms with E-state index in [1.165, 1.54) is 6.92 Å². The van der Waals surface area contributed by atoms with E-state index in [0.717, 1.165) is 32.1 Å². The maximum Gasteiger partial charge on any atom is 0.469 e. The summed E-state index contributed by atoms with van der Waals surface area (Å²) in [4.78, 5) is 28.8. The summed E-state index contributed by atoms with van der Waals surface area (Å²) in [7, 11) is -4.55. The number of ether oxygens (including phenoxy) is 1. The summed E-state index contributed by atoms with van der Waals surface area (Å²) in [5.74, 6) is -0.571. The number of unbranched alkanes of at least 4 members (excludes halogenated alkanes) is 4. The molecule has 0 aromatic heterocycles. The Balaban J connectivity index is 4.21. The van der Waals surface area contributed by atoms with Crippen LogP contribution < -0.4 is 0 Å². The molecule has 0 rings (SSSR count). The Kier molecular flexibility index (Phi) is 9.76. The number of hydrogen-bond donors (Lipinski definition) is 2. The Morgan fingerprint density at radius 3 is 2.35 bits per heavy atom. The van der Waals surface area contributed by atoms with Crippen molar-refractivity contribution in [2.75, 3.05) is 6.61 Å². The van der Waals surface area contributed by atoms with Gasteiger partial charge in [0.25, 0.3) is 0 Å². The molecule has 7 heteroatoms. The van der Waals surface area contributed by atoms with Crippen LogP contribution >= 0.6 is 7.82 Å². The van der Waals surface area contributed by atoms with Crippen LogP contribution in [0.3, 0.4) is 0 Å². The van der Waals surface area contributed by atoms with Crippen LogP contribution in [0.15, 0.2) is 12.2 Å². The third-order valence-corrected chi connectivity index (χ3v) is 3.17. The van der Waals surface area contributed by atoms with Crippen LogP contribution in [-0.2, 0) is 18.6 Å². The van der Waals surface area contributed by atoms with E-state index in [2.05, 4.69) is 18.0 Å². The molecule has 20 heavy (non-hydrogen) atoms. The standard InChI is InChI=1S/C13H25O6P/c1-4-5-6-7-8-9-12(10-18-20(15,16)17)19-13(14)11(2)3/h12H,2,4-10H2,1,3H3,(H2,15,16,17). The fraction of sp³-hybridized carbons (Fsp3) is 0.769. The normalized spacial score (nSPS) is 13.0. The summed E-state index contributed by atoms with van der Waals surface area (Å²) in [6, 6.07) is 0. The summed E-state index contributed by atoms with van der Waals surface area (Å²) in [6.45, 7) is 6.80. The van der Waals surface area contributed by atoms with Crippen molar-refractivity contribution in [2.24, 2.45) is 0 Å². The van der Waals surface area contributed by atoms with E-state index in [9.17, 15) is 9.36 Å².